The van der Waals surface area contributed by atoms with Gasteiger partial charge in [-0.3, -0.25) is 19.3 Å². The van der Waals surface area contributed by atoms with Crippen LogP contribution in [0.2, 0.25) is 0 Å². The third-order valence-corrected chi connectivity index (χ3v) is 5.82. The van der Waals surface area contributed by atoms with Crippen molar-refractivity contribution in [3.05, 3.63) is 36.4 Å². The van der Waals surface area contributed by atoms with Crippen LogP contribution in [0.15, 0.2) is 36.4 Å². The van der Waals surface area contributed by atoms with Gasteiger partial charge in [0.1, 0.15) is 6.04 Å². The van der Waals surface area contributed by atoms with E-state index in [9.17, 15) is 14.4 Å². The molecule has 28 heavy (non-hydrogen) atoms. The van der Waals surface area contributed by atoms with E-state index < -0.39 is 6.04 Å². The average molecular weight is 383 g/mol. The molecule has 1 aromatic rings. The number of rotatable bonds is 4. The Bertz CT molecular complexity index is 772. The van der Waals surface area contributed by atoms with Gasteiger partial charge in [0.15, 0.2) is 0 Å². The number of benzene rings is 1. The lowest BCUT2D eigenvalue weighted by Crippen LogP contribution is -2.46. The molecular weight excluding hydrogens is 358 g/mol. The number of nitrogens with one attached hydrogen (secondary N) is 1. The van der Waals surface area contributed by atoms with Crippen LogP contribution < -0.4 is 10.2 Å². The second-order valence-electron chi connectivity index (χ2n) is 7.51. The zero-order valence-corrected chi connectivity index (χ0v) is 16.0. The highest BCUT2D eigenvalue weighted by Gasteiger charge is 2.50. The number of anilines is 2. The van der Waals surface area contributed by atoms with E-state index in [4.69, 9.17) is 4.74 Å². The molecule has 1 N–H and O–H groups in total. The highest BCUT2D eigenvalue weighted by Crippen LogP contribution is 2.36. The third-order valence-electron chi connectivity index (χ3n) is 5.82. The van der Waals surface area contributed by atoms with Crippen LogP contribution in [0.1, 0.15) is 19.8 Å². The fraction of sp³-hybridized carbons (Fsp3) is 0.476. The maximum absolute atomic E-state index is 12.7. The number of carbonyl (C=O) groups is 3. The van der Waals surface area contributed by atoms with Gasteiger partial charge in [0.25, 0.3) is 0 Å². The Morgan fingerprint density at radius 1 is 1.04 bits per heavy atom. The number of likely N-dealkylation sites (tertiary alicyclic amines) is 1. The smallest absolute Gasteiger partial charge is 0.247 e. The van der Waals surface area contributed by atoms with E-state index in [1.807, 2.05) is 36.4 Å². The van der Waals surface area contributed by atoms with Crippen molar-refractivity contribution in [1.29, 1.82) is 0 Å². The van der Waals surface area contributed by atoms with Gasteiger partial charge in [-0.15, -0.1) is 0 Å². The number of fused-ring (bicyclic) bond motifs is 1. The van der Waals surface area contributed by atoms with Crippen molar-refractivity contribution in [2.24, 2.45) is 11.8 Å². The molecule has 3 atom stereocenters. The van der Waals surface area contributed by atoms with E-state index in [0.717, 1.165) is 23.7 Å². The van der Waals surface area contributed by atoms with Crippen molar-refractivity contribution >= 4 is 29.1 Å². The number of morpholine rings is 1. The number of amides is 3. The fourth-order valence-electron chi connectivity index (χ4n) is 4.15. The molecule has 0 saturated carbocycles. The fourth-order valence-corrected chi connectivity index (χ4v) is 4.15. The average Bonchev–Trinajstić information content (AvgIpc) is 2.99. The molecule has 0 unspecified atom stereocenters. The zero-order valence-electron chi connectivity index (χ0n) is 16.0. The summed E-state index contributed by atoms with van der Waals surface area (Å²) in [6, 6.07) is 6.76. The van der Waals surface area contributed by atoms with Gasteiger partial charge in [-0.2, -0.15) is 0 Å². The van der Waals surface area contributed by atoms with Crippen LogP contribution in [0.3, 0.4) is 0 Å². The third kappa shape index (κ3) is 3.42. The second kappa shape index (κ2) is 7.75. The summed E-state index contributed by atoms with van der Waals surface area (Å²) in [5.41, 5.74) is 1.72. The minimum absolute atomic E-state index is 0.232. The maximum atomic E-state index is 12.7. The Kier molecular flexibility index (Phi) is 5.17. The number of carbonyl (C=O) groups excluding carboxylic acids is 3. The molecule has 0 aromatic heterocycles. The van der Waals surface area contributed by atoms with Crippen molar-refractivity contribution in [2.75, 3.05) is 36.5 Å². The number of ether oxygens (including phenoxy) is 1. The summed E-state index contributed by atoms with van der Waals surface area (Å²) in [4.78, 5) is 41.4. The first-order valence-electron chi connectivity index (χ1n) is 9.82. The van der Waals surface area contributed by atoms with Crippen molar-refractivity contribution in [2.45, 2.75) is 25.8 Å². The van der Waals surface area contributed by atoms with Gasteiger partial charge in [0, 0.05) is 24.5 Å². The molecule has 1 aliphatic carbocycles. The molecule has 148 valence electrons. The zero-order chi connectivity index (χ0) is 19.7. The molecule has 2 saturated heterocycles. The first kappa shape index (κ1) is 18.7. The number of hydrogen-bond acceptors (Lipinski definition) is 5. The predicted molar refractivity (Wildman–Crippen MR) is 105 cm³/mol. The van der Waals surface area contributed by atoms with Crippen molar-refractivity contribution in [3.63, 3.8) is 0 Å². The molecule has 2 fully saturated rings. The van der Waals surface area contributed by atoms with Crippen molar-refractivity contribution < 1.29 is 19.1 Å². The highest BCUT2D eigenvalue weighted by atomic mass is 16.5. The molecule has 0 radical (unpaired) electrons. The van der Waals surface area contributed by atoms with Gasteiger partial charge >= 0.3 is 0 Å². The summed E-state index contributed by atoms with van der Waals surface area (Å²) < 4.78 is 5.36. The minimum atomic E-state index is -0.829. The number of hydrogen-bond donors (Lipinski definition) is 1. The van der Waals surface area contributed by atoms with E-state index in [1.165, 1.54) is 0 Å². The van der Waals surface area contributed by atoms with Gasteiger partial charge in [0.05, 0.1) is 25.0 Å². The maximum Gasteiger partial charge on any atom is 0.247 e. The van der Waals surface area contributed by atoms with Crippen molar-refractivity contribution in [3.8, 4) is 0 Å². The van der Waals surface area contributed by atoms with Crippen LogP contribution >= 0.6 is 0 Å². The van der Waals surface area contributed by atoms with Crippen LogP contribution in [-0.4, -0.2) is 55.0 Å². The molecule has 0 spiro atoms. The lowest BCUT2D eigenvalue weighted by Gasteiger charge is -2.29. The normalized spacial score (nSPS) is 25.6. The Labute approximate surface area is 164 Å². The molecule has 1 aromatic carbocycles. The summed E-state index contributed by atoms with van der Waals surface area (Å²) >= 11 is 0. The number of imide groups is 1. The summed E-state index contributed by atoms with van der Waals surface area (Å²) in [6.45, 7) is 4.73. The number of allylic oxidation sites excluding steroid dienone is 2. The van der Waals surface area contributed by atoms with Crippen molar-refractivity contribution in [1.82, 2.24) is 4.90 Å². The predicted octanol–water partition coefficient (Wildman–Crippen LogP) is 1.80. The summed E-state index contributed by atoms with van der Waals surface area (Å²) in [5.74, 6) is -1.46. The van der Waals surface area contributed by atoms with Crippen LogP contribution in [0.4, 0.5) is 11.4 Å². The molecule has 0 bridgehead atoms. The highest BCUT2D eigenvalue weighted by molar-refractivity contribution is 6.10. The van der Waals surface area contributed by atoms with Gasteiger partial charge < -0.3 is 15.0 Å². The van der Waals surface area contributed by atoms with Crippen LogP contribution in [0.25, 0.3) is 0 Å². The molecule has 3 aliphatic rings. The Balaban J connectivity index is 1.40. The summed E-state index contributed by atoms with van der Waals surface area (Å²) in [5, 5.41) is 2.83. The molecular formula is C21H25N3O4. The molecule has 2 heterocycles. The number of nitrogens with zero attached hydrogens (tertiary/aromatic N) is 2. The monoisotopic (exact) mass is 383 g/mol. The standard InChI is InChI=1S/C21H25N3O4/c1-14(24-20(26)17-4-2-3-5-18(17)21(24)27)19(25)22-15-6-8-16(9-7-15)23-10-12-28-13-11-23/h2-3,6-9,14,17-18H,4-5,10-13H2,1H3,(H,22,25)/t14-,17-,18+/m0/s1. The van der Waals surface area contributed by atoms with E-state index in [2.05, 4.69) is 10.2 Å². The van der Waals surface area contributed by atoms with Gasteiger partial charge in [-0.05, 0) is 44.0 Å². The Hall–Kier alpha value is -2.67. The summed E-state index contributed by atoms with van der Waals surface area (Å²) in [7, 11) is 0. The first-order chi connectivity index (χ1) is 13.6. The Morgan fingerprint density at radius 3 is 2.18 bits per heavy atom. The Morgan fingerprint density at radius 2 is 1.61 bits per heavy atom. The second-order valence-corrected chi connectivity index (χ2v) is 7.51. The quantitative estimate of drug-likeness (QED) is 0.634. The van der Waals surface area contributed by atoms with Gasteiger partial charge in [-0.25, -0.2) is 0 Å². The van der Waals surface area contributed by atoms with Gasteiger partial charge in [0.2, 0.25) is 17.7 Å². The van der Waals surface area contributed by atoms with E-state index in [-0.39, 0.29) is 29.6 Å². The van der Waals surface area contributed by atoms with E-state index in [1.54, 1.807) is 6.92 Å². The van der Waals surface area contributed by atoms with Crippen LogP contribution in [0, 0.1) is 11.8 Å². The summed E-state index contributed by atoms with van der Waals surface area (Å²) in [6.07, 6.45) is 5.03. The molecule has 3 amide bonds. The van der Waals surface area contributed by atoms with Crippen LogP contribution in [0.5, 0.6) is 0 Å². The topological polar surface area (TPSA) is 79.0 Å². The first-order valence-corrected chi connectivity index (χ1v) is 9.82. The van der Waals surface area contributed by atoms with Gasteiger partial charge in [-0.1, -0.05) is 12.2 Å². The molecule has 4 rings (SSSR count). The molecule has 2 aliphatic heterocycles. The molecule has 7 heteroatoms. The van der Waals surface area contributed by atoms with E-state index in [0.29, 0.717) is 31.7 Å². The lowest BCUT2D eigenvalue weighted by atomic mass is 9.85. The van der Waals surface area contributed by atoms with Crippen LogP contribution in [-0.2, 0) is 19.1 Å². The minimum Gasteiger partial charge on any atom is -0.378 e. The SMILES string of the molecule is C[C@@H](C(=O)Nc1ccc(N2CCOCC2)cc1)N1C(=O)[C@H]2CC=CC[C@H]2C1=O. The molecule has 7 nitrogen and oxygen atoms in total. The lowest BCUT2D eigenvalue weighted by molar-refractivity contribution is -0.146. The van der Waals surface area contributed by atoms with E-state index >= 15 is 0 Å². The largest absolute Gasteiger partial charge is 0.378 e.